The fraction of sp³-hybridized carbons (Fsp3) is 0.250. The SMILES string of the molecule is Nc1c2c(nc3ccnn13)OCC2. The number of hydrogen-bond donors (Lipinski definition) is 1. The molecule has 0 aromatic carbocycles. The van der Waals surface area contributed by atoms with Crippen molar-refractivity contribution in [2.24, 2.45) is 0 Å². The van der Waals surface area contributed by atoms with Gasteiger partial charge in [-0.25, -0.2) is 0 Å². The average Bonchev–Trinajstić information content (AvgIpc) is 2.71. The minimum atomic E-state index is 0.641. The smallest absolute Gasteiger partial charge is 0.222 e. The monoisotopic (exact) mass is 176 g/mol. The molecule has 0 radical (unpaired) electrons. The van der Waals surface area contributed by atoms with Gasteiger partial charge < -0.3 is 10.5 Å². The zero-order valence-electron chi connectivity index (χ0n) is 6.90. The molecule has 3 heterocycles. The lowest BCUT2D eigenvalue weighted by atomic mass is 10.2. The van der Waals surface area contributed by atoms with Crippen LogP contribution in [0.5, 0.6) is 5.88 Å². The van der Waals surface area contributed by atoms with E-state index in [2.05, 4.69) is 10.1 Å². The lowest BCUT2D eigenvalue weighted by molar-refractivity contribution is 0.345. The van der Waals surface area contributed by atoms with Crippen LogP contribution in [0.2, 0.25) is 0 Å². The van der Waals surface area contributed by atoms with Crippen LogP contribution in [0.3, 0.4) is 0 Å². The standard InChI is InChI=1S/C8H8N4O/c9-7-5-2-4-13-8(5)11-6-1-3-10-12(6)7/h1,3H,2,4,9H2. The van der Waals surface area contributed by atoms with Crippen LogP contribution in [-0.2, 0) is 6.42 Å². The van der Waals surface area contributed by atoms with Gasteiger partial charge in [-0.3, -0.25) is 0 Å². The molecule has 0 amide bonds. The van der Waals surface area contributed by atoms with E-state index in [1.54, 1.807) is 16.8 Å². The van der Waals surface area contributed by atoms with E-state index in [0.29, 0.717) is 18.3 Å². The number of nitrogen functional groups attached to an aromatic ring is 1. The summed E-state index contributed by atoms with van der Waals surface area (Å²) < 4.78 is 6.96. The summed E-state index contributed by atoms with van der Waals surface area (Å²) in [7, 11) is 0. The molecule has 2 N–H and O–H groups in total. The maximum absolute atomic E-state index is 5.90. The first-order valence-corrected chi connectivity index (χ1v) is 4.11. The van der Waals surface area contributed by atoms with Crippen LogP contribution >= 0.6 is 0 Å². The number of rotatable bonds is 0. The van der Waals surface area contributed by atoms with Gasteiger partial charge in [-0.1, -0.05) is 0 Å². The largest absolute Gasteiger partial charge is 0.477 e. The third-order valence-corrected chi connectivity index (χ3v) is 2.23. The number of anilines is 1. The number of aromatic nitrogens is 3. The molecule has 66 valence electrons. The van der Waals surface area contributed by atoms with Crippen LogP contribution in [0.25, 0.3) is 5.65 Å². The summed E-state index contributed by atoms with van der Waals surface area (Å²) in [5, 5.41) is 4.07. The summed E-state index contributed by atoms with van der Waals surface area (Å²) in [4.78, 5) is 4.27. The lowest BCUT2D eigenvalue weighted by Gasteiger charge is -2.03. The Labute approximate surface area is 74.1 Å². The van der Waals surface area contributed by atoms with E-state index in [4.69, 9.17) is 10.5 Å². The Morgan fingerprint density at radius 1 is 1.54 bits per heavy atom. The highest BCUT2D eigenvalue weighted by Gasteiger charge is 2.19. The second-order valence-electron chi connectivity index (χ2n) is 2.98. The van der Waals surface area contributed by atoms with Crippen molar-refractivity contribution in [3.8, 4) is 5.88 Å². The quantitative estimate of drug-likeness (QED) is 0.624. The molecule has 13 heavy (non-hydrogen) atoms. The molecule has 0 saturated carbocycles. The highest BCUT2D eigenvalue weighted by atomic mass is 16.5. The van der Waals surface area contributed by atoms with E-state index >= 15 is 0 Å². The number of ether oxygens (including phenoxy) is 1. The Balaban J connectivity index is 2.45. The highest BCUT2D eigenvalue weighted by molar-refractivity contribution is 5.56. The summed E-state index contributed by atoms with van der Waals surface area (Å²) >= 11 is 0. The molecule has 0 bridgehead atoms. The predicted molar refractivity (Wildman–Crippen MR) is 46.6 cm³/mol. The van der Waals surface area contributed by atoms with Crippen molar-refractivity contribution in [1.82, 2.24) is 14.6 Å². The van der Waals surface area contributed by atoms with Gasteiger partial charge in [0.25, 0.3) is 0 Å². The lowest BCUT2D eigenvalue weighted by Crippen LogP contribution is -2.03. The maximum Gasteiger partial charge on any atom is 0.222 e. The van der Waals surface area contributed by atoms with Gasteiger partial charge in [0.1, 0.15) is 5.82 Å². The van der Waals surface area contributed by atoms with Crippen LogP contribution in [0.15, 0.2) is 12.3 Å². The van der Waals surface area contributed by atoms with Crippen molar-refractivity contribution in [3.05, 3.63) is 17.8 Å². The number of nitrogens with two attached hydrogens (primary N) is 1. The molecule has 0 saturated heterocycles. The molecule has 3 rings (SSSR count). The molecule has 0 unspecified atom stereocenters. The molecule has 2 aromatic heterocycles. The van der Waals surface area contributed by atoms with Crippen LogP contribution in [0.4, 0.5) is 5.82 Å². The van der Waals surface area contributed by atoms with Crippen molar-refractivity contribution < 1.29 is 4.74 Å². The van der Waals surface area contributed by atoms with Crippen LogP contribution in [0, 0.1) is 0 Å². The van der Waals surface area contributed by atoms with Gasteiger partial charge in [0, 0.05) is 12.5 Å². The van der Waals surface area contributed by atoms with Crippen LogP contribution in [0.1, 0.15) is 5.56 Å². The third-order valence-electron chi connectivity index (χ3n) is 2.23. The summed E-state index contributed by atoms with van der Waals surface area (Å²) in [5.74, 6) is 1.30. The van der Waals surface area contributed by atoms with E-state index in [-0.39, 0.29) is 0 Å². The minimum Gasteiger partial charge on any atom is -0.477 e. The van der Waals surface area contributed by atoms with Crippen molar-refractivity contribution in [2.75, 3.05) is 12.3 Å². The maximum atomic E-state index is 5.90. The summed E-state index contributed by atoms with van der Waals surface area (Å²) in [6.45, 7) is 0.666. The van der Waals surface area contributed by atoms with Crippen molar-refractivity contribution in [1.29, 1.82) is 0 Å². The molecule has 0 fully saturated rings. The molecule has 0 aliphatic carbocycles. The first-order valence-electron chi connectivity index (χ1n) is 4.11. The third kappa shape index (κ3) is 0.756. The van der Waals surface area contributed by atoms with E-state index < -0.39 is 0 Å². The minimum absolute atomic E-state index is 0.641. The Kier molecular flexibility index (Phi) is 1.10. The fourth-order valence-corrected chi connectivity index (χ4v) is 1.58. The van der Waals surface area contributed by atoms with E-state index in [1.165, 1.54) is 0 Å². The van der Waals surface area contributed by atoms with Crippen LogP contribution < -0.4 is 10.5 Å². The molecular weight excluding hydrogens is 168 g/mol. The van der Waals surface area contributed by atoms with Gasteiger partial charge in [-0.2, -0.15) is 14.6 Å². The molecule has 1 aliphatic rings. The fourth-order valence-electron chi connectivity index (χ4n) is 1.58. The van der Waals surface area contributed by atoms with Gasteiger partial charge in [-0.15, -0.1) is 0 Å². The molecule has 0 spiro atoms. The highest BCUT2D eigenvalue weighted by Crippen LogP contribution is 2.28. The van der Waals surface area contributed by atoms with E-state index in [9.17, 15) is 0 Å². The predicted octanol–water partition coefficient (Wildman–Crippen LogP) is 0.246. The molecule has 1 aliphatic heterocycles. The molecule has 0 atom stereocenters. The number of nitrogens with zero attached hydrogens (tertiary/aromatic N) is 3. The summed E-state index contributed by atoms with van der Waals surface area (Å²) in [6, 6.07) is 1.80. The first-order chi connectivity index (χ1) is 6.36. The Morgan fingerprint density at radius 2 is 2.46 bits per heavy atom. The second-order valence-corrected chi connectivity index (χ2v) is 2.98. The van der Waals surface area contributed by atoms with Gasteiger partial charge in [0.15, 0.2) is 5.65 Å². The molecule has 5 heteroatoms. The van der Waals surface area contributed by atoms with E-state index in [1.807, 2.05) is 0 Å². The zero-order valence-corrected chi connectivity index (χ0v) is 6.90. The van der Waals surface area contributed by atoms with Gasteiger partial charge >= 0.3 is 0 Å². The van der Waals surface area contributed by atoms with Crippen LogP contribution in [-0.4, -0.2) is 21.2 Å². The topological polar surface area (TPSA) is 65.4 Å². The Morgan fingerprint density at radius 3 is 3.38 bits per heavy atom. The Bertz CT molecular complexity index is 476. The molecular formula is C8H8N4O. The summed E-state index contributed by atoms with van der Waals surface area (Å²) in [6.07, 6.45) is 2.50. The van der Waals surface area contributed by atoms with Crippen molar-refractivity contribution in [2.45, 2.75) is 6.42 Å². The molecule has 2 aromatic rings. The van der Waals surface area contributed by atoms with Gasteiger partial charge in [0.2, 0.25) is 5.88 Å². The average molecular weight is 176 g/mol. The van der Waals surface area contributed by atoms with Crippen molar-refractivity contribution in [3.63, 3.8) is 0 Å². The van der Waals surface area contributed by atoms with Gasteiger partial charge in [0.05, 0.1) is 18.4 Å². The zero-order chi connectivity index (χ0) is 8.84. The Hall–Kier alpha value is -1.78. The number of hydrogen-bond acceptors (Lipinski definition) is 4. The summed E-state index contributed by atoms with van der Waals surface area (Å²) in [5.41, 5.74) is 7.60. The normalized spacial score (nSPS) is 14.5. The first kappa shape index (κ1) is 6.71. The number of fused-ring (bicyclic) bond motifs is 2. The molecule has 5 nitrogen and oxygen atoms in total. The van der Waals surface area contributed by atoms with Crippen molar-refractivity contribution >= 4 is 11.5 Å². The second kappa shape index (κ2) is 2.12. The van der Waals surface area contributed by atoms with E-state index in [0.717, 1.165) is 17.6 Å². The van der Waals surface area contributed by atoms with Gasteiger partial charge in [-0.05, 0) is 0 Å².